The summed E-state index contributed by atoms with van der Waals surface area (Å²) in [5.74, 6) is -1.17. The van der Waals surface area contributed by atoms with Gasteiger partial charge >= 0.3 is 6.18 Å². The second-order valence-electron chi connectivity index (χ2n) is 5.67. The maximum Gasteiger partial charge on any atom is 0.422 e. The SMILES string of the molecule is Fc1cccc(CNC2CCc3n[nH]nc3C2)c1OCC(F)(F)F. The number of benzene rings is 1. The molecule has 0 fully saturated rings. The van der Waals surface area contributed by atoms with Crippen molar-refractivity contribution in [2.24, 2.45) is 0 Å². The number of halogens is 4. The van der Waals surface area contributed by atoms with Crippen LogP contribution in [0.5, 0.6) is 5.75 Å². The van der Waals surface area contributed by atoms with Gasteiger partial charge in [0.15, 0.2) is 18.2 Å². The zero-order chi connectivity index (χ0) is 17.2. The van der Waals surface area contributed by atoms with E-state index in [0.717, 1.165) is 30.3 Å². The van der Waals surface area contributed by atoms with Gasteiger partial charge in [-0.2, -0.15) is 28.6 Å². The zero-order valence-electron chi connectivity index (χ0n) is 12.7. The van der Waals surface area contributed by atoms with Gasteiger partial charge in [-0.25, -0.2) is 4.39 Å². The number of hydrogen-bond donors (Lipinski definition) is 2. The maximum absolute atomic E-state index is 13.8. The molecule has 0 amide bonds. The fourth-order valence-corrected chi connectivity index (χ4v) is 2.72. The van der Waals surface area contributed by atoms with Crippen molar-refractivity contribution in [3.05, 3.63) is 41.0 Å². The molecule has 5 nitrogen and oxygen atoms in total. The van der Waals surface area contributed by atoms with E-state index in [0.29, 0.717) is 12.0 Å². The highest BCUT2D eigenvalue weighted by Gasteiger charge is 2.29. The first kappa shape index (κ1) is 16.7. The van der Waals surface area contributed by atoms with E-state index in [2.05, 4.69) is 25.5 Å². The standard InChI is InChI=1S/C15H16F4N4O/c16-11-3-1-2-9(14(11)24-8-15(17,18)19)7-20-10-4-5-12-13(6-10)22-23-21-12/h1-3,10,20H,4-8H2,(H,21,22,23). The molecule has 0 saturated carbocycles. The predicted octanol–water partition coefficient (Wildman–Crippen LogP) is 2.53. The van der Waals surface area contributed by atoms with Gasteiger partial charge in [0, 0.05) is 24.6 Å². The first-order valence-corrected chi connectivity index (χ1v) is 7.51. The highest BCUT2D eigenvalue weighted by molar-refractivity contribution is 5.35. The Bertz CT molecular complexity index is 701. The molecule has 2 aromatic rings. The summed E-state index contributed by atoms with van der Waals surface area (Å²) in [4.78, 5) is 0. The molecule has 0 bridgehead atoms. The lowest BCUT2D eigenvalue weighted by Gasteiger charge is -2.22. The van der Waals surface area contributed by atoms with Crippen LogP contribution in [-0.4, -0.2) is 34.2 Å². The quantitative estimate of drug-likeness (QED) is 0.819. The maximum atomic E-state index is 13.8. The Morgan fingerprint density at radius 2 is 2.04 bits per heavy atom. The number of aromatic nitrogens is 3. The van der Waals surface area contributed by atoms with E-state index in [9.17, 15) is 17.6 Å². The molecule has 1 heterocycles. The van der Waals surface area contributed by atoms with Crippen molar-refractivity contribution in [1.82, 2.24) is 20.7 Å². The number of aromatic amines is 1. The molecular weight excluding hydrogens is 328 g/mol. The van der Waals surface area contributed by atoms with Gasteiger partial charge in [0.2, 0.25) is 0 Å². The molecule has 1 aromatic heterocycles. The summed E-state index contributed by atoms with van der Waals surface area (Å²) in [6.45, 7) is -1.31. The number of alkyl halides is 3. The average Bonchev–Trinajstić information content (AvgIpc) is 2.98. The van der Waals surface area contributed by atoms with Gasteiger partial charge in [-0.15, -0.1) is 0 Å². The fraction of sp³-hybridized carbons (Fsp3) is 0.467. The van der Waals surface area contributed by atoms with Gasteiger partial charge in [-0.05, 0) is 18.9 Å². The molecule has 1 atom stereocenters. The van der Waals surface area contributed by atoms with Crippen molar-refractivity contribution in [1.29, 1.82) is 0 Å². The van der Waals surface area contributed by atoms with Crippen LogP contribution >= 0.6 is 0 Å². The molecule has 2 N–H and O–H groups in total. The zero-order valence-corrected chi connectivity index (χ0v) is 12.7. The summed E-state index contributed by atoms with van der Waals surface area (Å²) in [6.07, 6.45) is -2.25. The van der Waals surface area contributed by atoms with E-state index in [1.54, 1.807) is 6.07 Å². The third kappa shape index (κ3) is 4.02. The molecule has 1 aliphatic rings. The Morgan fingerprint density at radius 1 is 1.25 bits per heavy atom. The molecule has 9 heteroatoms. The number of para-hydroxylation sites is 1. The topological polar surface area (TPSA) is 62.8 Å². The normalized spacial score (nSPS) is 17.6. The number of rotatable bonds is 5. The highest BCUT2D eigenvalue weighted by atomic mass is 19.4. The van der Waals surface area contributed by atoms with Crippen molar-refractivity contribution in [2.45, 2.75) is 38.0 Å². The number of ether oxygens (including phenoxy) is 1. The van der Waals surface area contributed by atoms with Crippen molar-refractivity contribution < 1.29 is 22.3 Å². The van der Waals surface area contributed by atoms with Crippen LogP contribution in [0.4, 0.5) is 17.6 Å². The van der Waals surface area contributed by atoms with Gasteiger partial charge in [0.25, 0.3) is 0 Å². The molecule has 1 aliphatic carbocycles. The molecule has 1 aromatic carbocycles. The number of aryl methyl sites for hydroxylation is 1. The second-order valence-corrected chi connectivity index (χ2v) is 5.67. The Hall–Kier alpha value is -2.16. The molecule has 3 rings (SSSR count). The van der Waals surface area contributed by atoms with Crippen molar-refractivity contribution >= 4 is 0 Å². The van der Waals surface area contributed by atoms with Crippen LogP contribution in [0.3, 0.4) is 0 Å². The monoisotopic (exact) mass is 344 g/mol. The van der Waals surface area contributed by atoms with Crippen molar-refractivity contribution in [3.63, 3.8) is 0 Å². The summed E-state index contributed by atoms with van der Waals surface area (Å²) >= 11 is 0. The lowest BCUT2D eigenvalue weighted by atomic mass is 9.96. The number of hydrogen-bond acceptors (Lipinski definition) is 4. The van der Waals surface area contributed by atoms with E-state index in [4.69, 9.17) is 0 Å². The minimum atomic E-state index is -4.51. The van der Waals surface area contributed by atoms with E-state index < -0.39 is 18.6 Å². The summed E-state index contributed by atoms with van der Waals surface area (Å²) in [6, 6.07) is 4.17. The molecule has 24 heavy (non-hydrogen) atoms. The molecule has 0 radical (unpaired) electrons. The Kier molecular flexibility index (Phi) is 4.70. The van der Waals surface area contributed by atoms with Crippen LogP contribution < -0.4 is 10.1 Å². The van der Waals surface area contributed by atoms with E-state index >= 15 is 0 Å². The van der Waals surface area contributed by atoms with E-state index in [1.807, 2.05) is 0 Å². The molecular formula is C15H16F4N4O. The van der Waals surface area contributed by atoms with Crippen LogP contribution in [0.2, 0.25) is 0 Å². The highest BCUT2D eigenvalue weighted by Crippen LogP contribution is 2.26. The van der Waals surface area contributed by atoms with Gasteiger partial charge in [0.05, 0.1) is 11.4 Å². The molecule has 0 aliphatic heterocycles. The van der Waals surface area contributed by atoms with Crippen LogP contribution in [0, 0.1) is 5.82 Å². The molecule has 0 spiro atoms. The average molecular weight is 344 g/mol. The first-order valence-electron chi connectivity index (χ1n) is 7.51. The predicted molar refractivity (Wildman–Crippen MR) is 77.0 cm³/mol. The van der Waals surface area contributed by atoms with Crippen molar-refractivity contribution in [3.8, 4) is 5.75 Å². The van der Waals surface area contributed by atoms with Crippen LogP contribution in [0.15, 0.2) is 18.2 Å². The molecule has 130 valence electrons. The van der Waals surface area contributed by atoms with Crippen LogP contribution in [-0.2, 0) is 19.4 Å². The van der Waals surface area contributed by atoms with Gasteiger partial charge < -0.3 is 10.1 Å². The Morgan fingerprint density at radius 3 is 2.83 bits per heavy atom. The lowest BCUT2D eigenvalue weighted by molar-refractivity contribution is -0.153. The second kappa shape index (κ2) is 6.76. The minimum Gasteiger partial charge on any atom is -0.481 e. The third-order valence-corrected chi connectivity index (χ3v) is 3.88. The fourth-order valence-electron chi connectivity index (χ4n) is 2.72. The molecule has 1 unspecified atom stereocenters. The first-order chi connectivity index (χ1) is 11.4. The van der Waals surface area contributed by atoms with Gasteiger partial charge in [-0.3, -0.25) is 0 Å². The smallest absolute Gasteiger partial charge is 0.422 e. The van der Waals surface area contributed by atoms with Gasteiger partial charge in [-0.1, -0.05) is 12.1 Å². The number of nitrogens with zero attached hydrogens (tertiary/aromatic N) is 2. The Labute approximate surface area is 135 Å². The van der Waals surface area contributed by atoms with E-state index in [1.165, 1.54) is 6.07 Å². The number of nitrogens with one attached hydrogen (secondary N) is 2. The van der Waals surface area contributed by atoms with E-state index in [-0.39, 0.29) is 18.3 Å². The number of H-pyrrole nitrogens is 1. The lowest BCUT2D eigenvalue weighted by Crippen LogP contribution is -2.34. The van der Waals surface area contributed by atoms with Crippen LogP contribution in [0.25, 0.3) is 0 Å². The summed E-state index contributed by atoms with van der Waals surface area (Å²) in [7, 11) is 0. The van der Waals surface area contributed by atoms with Crippen molar-refractivity contribution in [2.75, 3.05) is 6.61 Å². The minimum absolute atomic E-state index is 0.0985. The molecule has 0 saturated heterocycles. The number of fused-ring (bicyclic) bond motifs is 1. The third-order valence-electron chi connectivity index (χ3n) is 3.88. The van der Waals surface area contributed by atoms with Gasteiger partial charge in [0.1, 0.15) is 0 Å². The summed E-state index contributed by atoms with van der Waals surface area (Å²) in [5.41, 5.74) is 2.17. The summed E-state index contributed by atoms with van der Waals surface area (Å²) in [5, 5.41) is 13.9. The Balaban J connectivity index is 1.64. The largest absolute Gasteiger partial charge is 0.481 e. The summed E-state index contributed by atoms with van der Waals surface area (Å²) < 4.78 is 55.4. The van der Waals surface area contributed by atoms with Crippen LogP contribution in [0.1, 0.15) is 23.4 Å².